The summed E-state index contributed by atoms with van der Waals surface area (Å²) in [5, 5.41) is 7.74. The number of amides is 2. The molecule has 29 heavy (non-hydrogen) atoms. The Balaban J connectivity index is 1.38. The Morgan fingerprint density at radius 3 is 2.55 bits per heavy atom. The van der Waals surface area contributed by atoms with E-state index < -0.39 is 0 Å². The van der Waals surface area contributed by atoms with Gasteiger partial charge in [-0.1, -0.05) is 0 Å². The van der Waals surface area contributed by atoms with E-state index in [0.717, 1.165) is 42.5 Å². The summed E-state index contributed by atoms with van der Waals surface area (Å²) in [6.45, 7) is 5.79. The van der Waals surface area contributed by atoms with Crippen LogP contribution < -0.4 is 10.6 Å². The molecule has 156 valence electrons. The van der Waals surface area contributed by atoms with Crippen molar-refractivity contribution in [2.24, 2.45) is 5.92 Å². The van der Waals surface area contributed by atoms with Gasteiger partial charge in [-0.3, -0.25) is 9.59 Å². The number of benzene rings is 1. The second-order valence-corrected chi connectivity index (χ2v) is 8.51. The predicted molar refractivity (Wildman–Crippen MR) is 116 cm³/mol. The molecule has 2 amide bonds. The van der Waals surface area contributed by atoms with Gasteiger partial charge >= 0.3 is 0 Å². The highest BCUT2D eigenvalue weighted by molar-refractivity contribution is 5.94. The summed E-state index contributed by atoms with van der Waals surface area (Å²) in [7, 11) is 0. The molecule has 6 heteroatoms. The Bertz CT molecular complexity index is 874. The van der Waals surface area contributed by atoms with Gasteiger partial charge in [0.15, 0.2) is 0 Å². The van der Waals surface area contributed by atoms with E-state index in [-0.39, 0.29) is 11.8 Å². The zero-order valence-corrected chi connectivity index (χ0v) is 17.5. The summed E-state index contributed by atoms with van der Waals surface area (Å²) < 4.78 is 1.98. The van der Waals surface area contributed by atoms with Gasteiger partial charge in [-0.25, -0.2) is 0 Å². The molecule has 6 nitrogen and oxygen atoms in total. The minimum absolute atomic E-state index is 0.104. The maximum atomic E-state index is 12.6. The molecule has 1 aromatic heterocycles. The zero-order valence-electron chi connectivity index (χ0n) is 17.5. The minimum atomic E-state index is 0.104. The molecular formula is C23H32N4O2. The fourth-order valence-electron chi connectivity index (χ4n) is 5.05. The number of rotatable bonds is 7. The van der Waals surface area contributed by atoms with Crippen molar-refractivity contribution in [3.63, 3.8) is 0 Å². The van der Waals surface area contributed by atoms with Crippen LogP contribution in [0.2, 0.25) is 0 Å². The maximum absolute atomic E-state index is 12.6. The Labute approximate surface area is 172 Å². The molecule has 0 aliphatic carbocycles. The van der Waals surface area contributed by atoms with Crippen LogP contribution in [0.15, 0.2) is 30.5 Å². The third kappa shape index (κ3) is 4.47. The second-order valence-electron chi connectivity index (χ2n) is 8.51. The van der Waals surface area contributed by atoms with E-state index in [4.69, 9.17) is 0 Å². The van der Waals surface area contributed by atoms with Crippen LogP contribution in [0.5, 0.6) is 0 Å². The van der Waals surface area contributed by atoms with Crippen molar-refractivity contribution in [2.75, 3.05) is 18.4 Å². The van der Waals surface area contributed by atoms with Crippen molar-refractivity contribution in [3.05, 3.63) is 30.5 Å². The molecule has 3 heterocycles. The summed E-state index contributed by atoms with van der Waals surface area (Å²) in [6.07, 6.45) is 7.30. The second kappa shape index (κ2) is 8.57. The first-order valence-corrected chi connectivity index (χ1v) is 11.0. The van der Waals surface area contributed by atoms with Crippen LogP contribution in [0.1, 0.15) is 46.0 Å². The van der Waals surface area contributed by atoms with Gasteiger partial charge in [0.05, 0.1) is 0 Å². The molecule has 0 saturated carbocycles. The highest BCUT2D eigenvalue weighted by atomic mass is 16.2. The number of nitrogens with one attached hydrogen (secondary N) is 2. The van der Waals surface area contributed by atoms with Crippen molar-refractivity contribution in [3.8, 4) is 0 Å². The Kier molecular flexibility index (Phi) is 5.90. The number of nitrogens with zero attached hydrogens (tertiary/aromatic N) is 2. The Hall–Kier alpha value is -2.34. The molecule has 2 bridgehead atoms. The van der Waals surface area contributed by atoms with Crippen molar-refractivity contribution in [1.82, 2.24) is 14.8 Å². The van der Waals surface area contributed by atoms with Crippen LogP contribution in [0.4, 0.5) is 5.69 Å². The van der Waals surface area contributed by atoms with Crippen molar-refractivity contribution < 1.29 is 9.59 Å². The summed E-state index contributed by atoms with van der Waals surface area (Å²) >= 11 is 0. The standard InChI is InChI=1S/C23H32N4O2/c1-3-26(4-2)23(29)15-27-10-9-17-14-20(7-8-21(17)27)25-22(28)13-16-11-18-5-6-19(12-16)24-18/h7-10,14,16,18-19,24H,3-6,11-13,15H2,1-2H3,(H,25,28). The van der Waals surface area contributed by atoms with Crippen LogP contribution in [0.3, 0.4) is 0 Å². The van der Waals surface area contributed by atoms with Crippen LogP contribution in [0, 0.1) is 5.92 Å². The molecule has 2 aliphatic heterocycles. The number of fused-ring (bicyclic) bond motifs is 3. The molecule has 1 aromatic carbocycles. The van der Waals surface area contributed by atoms with E-state index in [9.17, 15) is 9.59 Å². The fourth-order valence-corrected chi connectivity index (χ4v) is 5.05. The van der Waals surface area contributed by atoms with Gasteiger partial charge in [0.1, 0.15) is 6.54 Å². The Morgan fingerprint density at radius 2 is 1.86 bits per heavy atom. The monoisotopic (exact) mass is 396 g/mol. The molecule has 2 aromatic rings. The average Bonchev–Trinajstić information content (AvgIpc) is 3.25. The molecule has 2 fully saturated rings. The van der Waals surface area contributed by atoms with E-state index in [0.29, 0.717) is 31.0 Å². The zero-order chi connectivity index (χ0) is 20.4. The van der Waals surface area contributed by atoms with E-state index in [1.807, 2.05) is 53.8 Å². The smallest absolute Gasteiger partial charge is 0.242 e. The third-order valence-corrected chi connectivity index (χ3v) is 6.52. The molecule has 2 saturated heterocycles. The minimum Gasteiger partial charge on any atom is -0.342 e. The van der Waals surface area contributed by atoms with Gasteiger partial charge < -0.3 is 20.1 Å². The molecule has 0 radical (unpaired) electrons. The lowest BCUT2D eigenvalue weighted by Crippen LogP contribution is -2.39. The highest BCUT2D eigenvalue weighted by Gasteiger charge is 2.34. The molecule has 2 unspecified atom stereocenters. The van der Waals surface area contributed by atoms with Gasteiger partial charge in [0, 0.05) is 54.4 Å². The third-order valence-electron chi connectivity index (χ3n) is 6.52. The van der Waals surface area contributed by atoms with Crippen molar-refractivity contribution in [2.45, 2.75) is 64.6 Å². The highest BCUT2D eigenvalue weighted by Crippen LogP contribution is 2.33. The average molecular weight is 397 g/mol. The summed E-state index contributed by atoms with van der Waals surface area (Å²) in [5.74, 6) is 0.720. The number of likely N-dealkylation sites (N-methyl/N-ethyl adjacent to an activating group) is 1. The lowest BCUT2D eigenvalue weighted by atomic mass is 9.89. The molecule has 4 rings (SSSR count). The Morgan fingerprint density at radius 1 is 1.14 bits per heavy atom. The first-order valence-electron chi connectivity index (χ1n) is 11.0. The first-order chi connectivity index (χ1) is 14.1. The normalized spacial score (nSPS) is 23.3. The molecule has 0 spiro atoms. The van der Waals surface area contributed by atoms with Crippen LogP contribution >= 0.6 is 0 Å². The van der Waals surface area contributed by atoms with Gasteiger partial charge in [-0.2, -0.15) is 0 Å². The van der Waals surface area contributed by atoms with Crippen molar-refractivity contribution >= 4 is 28.4 Å². The van der Waals surface area contributed by atoms with E-state index in [1.54, 1.807) is 0 Å². The van der Waals surface area contributed by atoms with E-state index in [2.05, 4.69) is 10.6 Å². The quantitative estimate of drug-likeness (QED) is 0.754. The molecule has 2 N–H and O–H groups in total. The number of carbonyl (C=O) groups is 2. The van der Waals surface area contributed by atoms with E-state index in [1.165, 1.54) is 12.8 Å². The maximum Gasteiger partial charge on any atom is 0.242 e. The number of piperidine rings is 1. The van der Waals surface area contributed by atoms with Gasteiger partial charge in [-0.15, -0.1) is 0 Å². The lowest BCUT2D eigenvalue weighted by molar-refractivity contribution is -0.131. The number of hydrogen-bond donors (Lipinski definition) is 2. The molecular weight excluding hydrogens is 364 g/mol. The fraction of sp³-hybridized carbons (Fsp3) is 0.565. The topological polar surface area (TPSA) is 66.4 Å². The van der Waals surface area contributed by atoms with Gasteiger partial charge in [0.2, 0.25) is 11.8 Å². The summed E-state index contributed by atoms with van der Waals surface area (Å²) in [4.78, 5) is 26.8. The van der Waals surface area contributed by atoms with E-state index >= 15 is 0 Å². The summed E-state index contributed by atoms with van der Waals surface area (Å²) in [6, 6.07) is 9.15. The summed E-state index contributed by atoms with van der Waals surface area (Å²) in [5.41, 5.74) is 1.84. The van der Waals surface area contributed by atoms with Crippen LogP contribution in [0.25, 0.3) is 10.9 Å². The number of aromatic nitrogens is 1. The largest absolute Gasteiger partial charge is 0.342 e. The van der Waals surface area contributed by atoms with Crippen molar-refractivity contribution in [1.29, 1.82) is 0 Å². The molecule has 2 atom stereocenters. The van der Waals surface area contributed by atoms with Crippen LogP contribution in [-0.2, 0) is 16.1 Å². The van der Waals surface area contributed by atoms with Gasteiger partial charge in [0.25, 0.3) is 0 Å². The first kappa shape index (κ1) is 20.0. The number of anilines is 1. The molecule has 2 aliphatic rings. The lowest BCUT2D eigenvalue weighted by Gasteiger charge is -2.28. The van der Waals surface area contributed by atoms with Gasteiger partial charge in [-0.05, 0) is 69.7 Å². The predicted octanol–water partition coefficient (Wildman–Crippen LogP) is 3.37. The van der Waals surface area contributed by atoms with Crippen LogP contribution in [-0.4, -0.2) is 46.5 Å². The number of carbonyl (C=O) groups excluding carboxylic acids is 2. The SMILES string of the molecule is CCN(CC)C(=O)Cn1ccc2cc(NC(=O)CC3CC4CCC(C3)N4)ccc21. The number of hydrogen-bond acceptors (Lipinski definition) is 3.